The van der Waals surface area contributed by atoms with Gasteiger partial charge in [0.2, 0.25) is 11.8 Å². The number of hydrogen-bond donors (Lipinski definition) is 1. The van der Waals surface area contributed by atoms with Crippen molar-refractivity contribution in [1.29, 1.82) is 0 Å². The minimum absolute atomic E-state index is 0.137. The molecule has 1 N–H and O–H groups in total. The fourth-order valence-electron chi connectivity index (χ4n) is 2.67. The van der Waals surface area contributed by atoms with Gasteiger partial charge in [0.05, 0.1) is 5.25 Å². The Bertz CT molecular complexity index is 943. The van der Waals surface area contributed by atoms with Crippen LogP contribution in [-0.2, 0) is 4.79 Å². The Hall–Kier alpha value is -2.67. The first-order valence-electron chi connectivity index (χ1n) is 9.13. The molecule has 0 aliphatic rings. The van der Waals surface area contributed by atoms with E-state index in [0.717, 1.165) is 17.7 Å². The highest BCUT2D eigenvalue weighted by molar-refractivity contribution is 8.00. The number of amides is 1. The van der Waals surface area contributed by atoms with E-state index in [2.05, 4.69) is 29.4 Å². The maximum atomic E-state index is 13.0. The SMILES string of the molecule is CC[C@H](C)c1ccccc1NC(=O)[C@@H](C)Sc1nnc(-c2ccc(F)cc2)o1. The van der Waals surface area contributed by atoms with E-state index in [4.69, 9.17) is 4.42 Å². The van der Waals surface area contributed by atoms with Crippen molar-refractivity contribution in [2.75, 3.05) is 5.32 Å². The van der Waals surface area contributed by atoms with Crippen LogP contribution in [0.15, 0.2) is 58.2 Å². The van der Waals surface area contributed by atoms with Gasteiger partial charge in [-0.1, -0.05) is 43.8 Å². The summed E-state index contributed by atoms with van der Waals surface area (Å²) in [6.45, 7) is 6.04. The van der Waals surface area contributed by atoms with Crippen molar-refractivity contribution in [2.45, 2.75) is 43.6 Å². The highest BCUT2D eigenvalue weighted by Crippen LogP contribution is 2.29. The molecule has 7 heteroatoms. The lowest BCUT2D eigenvalue weighted by Gasteiger charge is -2.17. The van der Waals surface area contributed by atoms with E-state index in [9.17, 15) is 9.18 Å². The highest BCUT2D eigenvalue weighted by Gasteiger charge is 2.20. The molecule has 28 heavy (non-hydrogen) atoms. The van der Waals surface area contributed by atoms with E-state index in [0.29, 0.717) is 11.5 Å². The minimum Gasteiger partial charge on any atom is -0.411 e. The molecule has 1 aromatic heterocycles. The van der Waals surface area contributed by atoms with Crippen LogP contribution in [0, 0.1) is 5.82 Å². The third-order valence-electron chi connectivity index (χ3n) is 4.51. The summed E-state index contributed by atoms with van der Waals surface area (Å²) < 4.78 is 18.6. The van der Waals surface area contributed by atoms with Crippen LogP contribution >= 0.6 is 11.8 Å². The maximum absolute atomic E-state index is 13.0. The maximum Gasteiger partial charge on any atom is 0.277 e. The van der Waals surface area contributed by atoms with Crippen molar-refractivity contribution >= 4 is 23.4 Å². The van der Waals surface area contributed by atoms with E-state index in [-0.39, 0.29) is 22.8 Å². The number of nitrogens with zero attached hydrogens (tertiary/aromatic N) is 2. The standard InChI is InChI=1S/C21H22FN3O2S/c1-4-13(2)17-7-5-6-8-18(17)23-19(26)14(3)28-21-25-24-20(27-21)15-9-11-16(22)12-10-15/h5-14H,4H2,1-3H3,(H,23,26)/t13-,14+/m0/s1. The van der Waals surface area contributed by atoms with Gasteiger partial charge in [-0.05, 0) is 55.2 Å². The van der Waals surface area contributed by atoms with Gasteiger partial charge >= 0.3 is 0 Å². The Morgan fingerprint density at radius 1 is 1.14 bits per heavy atom. The molecule has 0 bridgehead atoms. The number of thioether (sulfide) groups is 1. The predicted molar refractivity (Wildman–Crippen MR) is 109 cm³/mol. The van der Waals surface area contributed by atoms with Gasteiger partial charge in [-0.3, -0.25) is 4.79 Å². The number of benzene rings is 2. The second-order valence-corrected chi connectivity index (χ2v) is 7.82. The predicted octanol–water partition coefficient (Wildman–Crippen LogP) is 5.51. The summed E-state index contributed by atoms with van der Waals surface area (Å²) in [4.78, 5) is 12.6. The molecule has 0 saturated heterocycles. The van der Waals surface area contributed by atoms with Crippen LogP contribution in [0.4, 0.5) is 10.1 Å². The van der Waals surface area contributed by atoms with E-state index in [1.165, 1.54) is 23.9 Å². The van der Waals surface area contributed by atoms with E-state index in [1.54, 1.807) is 19.1 Å². The second kappa shape index (κ2) is 9.01. The number of carbonyl (C=O) groups excluding carboxylic acids is 1. The van der Waals surface area contributed by atoms with Gasteiger partial charge in [-0.15, -0.1) is 10.2 Å². The Morgan fingerprint density at radius 2 is 1.86 bits per heavy atom. The molecule has 0 unspecified atom stereocenters. The Balaban J connectivity index is 1.66. The molecule has 2 aromatic carbocycles. The van der Waals surface area contributed by atoms with Crippen LogP contribution in [0.25, 0.3) is 11.5 Å². The van der Waals surface area contributed by atoms with Crippen molar-refractivity contribution < 1.29 is 13.6 Å². The number of hydrogen-bond acceptors (Lipinski definition) is 5. The molecule has 0 saturated carbocycles. The van der Waals surface area contributed by atoms with Crippen LogP contribution in [0.3, 0.4) is 0 Å². The molecular formula is C21H22FN3O2S. The highest BCUT2D eigenvalue weighted by atomic mass is 32.2. The zero-order valence-electron chi connectivity index (χ0n) is 16.0. The van der Waals surface area contributed by atoms with Gasteiger partial charge in [0.15, 0.2) is 0 Å². The van der Waals surface area contributed by atoms with Gasteiger partial charge in [0.25, 0.3) is 5.22 Å². The largest absolute Gasteiger partial charge is 0.411 e. The van der Waals surface area contributed by atoms with Crippen LogP contribution in [0.2, 0.25) is 0 Å². The Morgan fingerprint density at radius 3 is 2.57 bits per heavy atom. The van der Waals surface area contributed by atoms with Crippen molar-refractivity contribution in [3.05, 3.63) is 59.9 Å². The molecule has 0 radical (unpaired) electrons. The first kappa shape index (κ1) is 20.1. The molecule has 3 aromatic rings. The summed E-state index contributed by atoms with van der Waals surface area (Å²) >= 11 is 1.18. The number of rotatable bonds is 7. The molecule has 0 spiro atoms. The van der Waals surface area contributed by atoms with Gasteiger partial charge in [0.1, 0.15) is 5.82 Å². The number of aromatic nitrogens is 2. The first-order chi connectivity index (χ1) is 13.5. The van der Waals surface area contributed by atoms with Crippen molar-refractivity contribution in [3.8, 4) is 11.5 Å². The number of nitrogens with one attached hydrogen (secondary N) is 1. The first-order valence-corrected chi connectivity index (χ1v) is 10.0. The summed E-state index contributed by atoms with van der Waals surface area (Å²) in [5.41, 5.74) is 2.57. The molecule has 1 amide bonds. The molecule has 2 atom stereocenters. The molecule has 5 nitrogen and oxygen atoms in total. The van der Waals surface area contributed by atoms with Crippen molar-refractivity contribution in [2.24, 2.45) is 0 Å². The topological polar surface area (TPSA) is 68.0 Å². The number of para-hydroxylation sites is 1. The minimum atomic E-state index is -0.425. The van der Waals surface area contributed by atoms with Gasteiger partial charge < -0.3 is 9.73 Å². The summed E-state index contributed by atoms with van der Waals surface area (Å²) in [5, 5.41) is 10.8. The normalized spacial score (nSPS) is 13.1. The Kier molecular flexibility index (Phi) is 6.46. The van der Waals surface area contributed by atoms with Crippen LogP contribution < -0.4 is 5.32 Å². The summed E-state index contributed by atoms with van der Waals surface area (Å²) in [6.07, 6.45) is 0.991. The molecule has 0 fully saturated rings. The number of halogens is 1. The van der Waals surface area contributed by atoms with Crippen molar-refractivity contribution in [3.63, 3.8) is 0 Å². The summed E-state index contributed by atoms with van der Waals surface area (Å²) in [7, 11) is 0. The molecule has 3 rings (SSSR count). The summed E-state index contributed by atoms with van der Waals surface area (Å²) in [5.74, 6) is 0.175. The quantitative estimate of drug-likeness (QED) is 0.531. The molecule has 1 heterocycles. The van der Waals surface area contributed by atoms with Gasteiger partial charge in [-0.2, -0.15) is 0 Å². The Labute approximate surface area is 167 Å². The molecular weight excluding hydrogens is 377 g/mol. The smallest absolute Gasteiger partial charge is 0.277 e. The lowest BCUT2D eigenvalue weighted by atomic mass is 9.97. The van der Waals surface area contributed by atoms with E-state index >= 15 is 0 Å². The van der Waals surface area contributed by atoms with Crippen LogP contribution in [0.1, 0.15) is 38.7 Å². The third-order valence-corrected chi connectivity index (χ3v) is 5.44. The molecule has 146 valence electrons. The lowest BCUT2D eigenvalue weighted by molar-refractivity contribution is -0.115. The number of anilines is 1. The number of carbonyl (C=O) groups is 1. The zero-order chi connectivity index (χ0) is 20.1. The average molecular weight is 399 g/mol. The van der Waals surface area contributed by atoms with E-state index in [1.807, 2.05) is 24.3 Å². The summed E-state index contributed by atoms with van der Waals surface area (Å²) in [6, 6.07) is 13.6. The second-order valence-electron chi connectivity index (χ2n) is 6.53. The van der Waals surface area contributed by atoms with Crippen molar-refractivity contribution in [1.82, 2.24) is 10.2 Å². The molecule has 0 aliphatic heterocycles. The third kappa shape index (κ3) is 4.78. The van der Waals surface area contributed by atoms with E-state index < -0.39 is 5.25 Å². The average Bonchev–Trinajstić information content (AvgIpc) is 3.16. The fourth-order valence-corrected chi connectivity index (χ4v) is 3.35. The zero-order valence-corrected chi connectivity index (χ0v) is 16.8. The molecule has 0 aliphatic carbocycles. The van der Waals surface area contributed by atoms with Gasteiger partial charge in [0, 0.05) is 11.3 Å². The fraction of sp³-hybridized carbons (Fsp3) is 0.286. The van der Waals surface area contributed by atoms with Crippen LogP contribution in [0.5, 0.6) is 0 Å². The van der Waals surface area contributed by atoms with Crippen LogP contribution in [-0.4, -0.2) is 21.4 Å². The monoisotopic (exact) mass is 399 g/mol. The lowest BCUT2D eigenvalue weighted by Crippen LogP contribution is -2.23. The van der Waals surface area contributed by atoms with Gasteiger partial charge in [-0.25, -0.2) is 4.39 Å².